The van der Waals surface area contributed by atoms with Crippen LogP contribution in [0.3, 0.4) is 0 Å². The molecule has 1 aromatic carbocycles. The number of furan rings is 1. The third kappa shape index (κ3) is 3.36. The summed E-state index contributed by atoms with van der Waals surface area (Å²) in [5, 5.41) is 4.15. The highest BCUT2D eigenvalue weighted by atomic mass is 16.5. The zero-order valence-corrected chi connectivity index (χ0v) is 12.8. The third-order valence-corrected chi connectivity index (χ3v) is 3.40. The lowest BCUT2D eigenvalue weighted by atomic mass is 10.0. The van der Waals surface area contributed by atoms with Gasteiger partial charge in [0, 0.05) is 5.39 Å². The van der Waals surface area contributed by atoms with Crippen molar-refractivity contribution in [1.29, 1.82) is 0 Å². The smallest absolute Gasteiger partial charge is 0.323 e. The van der Waals surface area contributed by atoms with Crippen LogP contribution in [-0.2, 0) is 16.1 Å². The van der Waals surface area contributed by atoms with Crippen molar-refractivity contribution in [3.05, 3.63) is 30.0 Å². The summed E-state index contributed by atoms with van der Waals surface area (Å²) in [6.07, 6.45) is 0. The van der Waals surface area contributed by atoms with Gasteiger partial charge < -0.3 is 13.9 Å². The van der Waals surface area contributed by atoms with E-state index in [1.165, 1.54) is 7.11 Å². The van der Waals surface area contributed by atoms with Gasteiger partial charge in [-0.05, 0) is 18.1 Å². The molecule has 1 atom stereocenters. The van der Waals surface area contributed by atoms with Crippen LogP contribution in [0.5, 0.6) is 5.75 Å². The molecular weight excluding hydrogens is 270 g/mol. The Hall–Kier alpha value is -2.01. The van der Waals surface area contributed by atoms with Crippen molar-refractivity contribution in [1.82, 2.24) is 5.32 Å². The standard InChI is InChI=1S/C16H21NO4/c1-10(2)14(16(18)20-4)17-9-12-8-11-6-5-7-13(19-3)15(11)21-12/h5-8,10,14,17H,9H2,1-4H3/t14-/m0/s1. The van der Waals surface area contributed by atoms with Gasteiger partial charge in [0.25, 0.3) is 0 Å². The van der Waals surface area contributed by atoms with Crippen molar-refractivity contribution >= 4 is 16.9 Å². The first kappa shape index (κ1) is 15.4. The van der Waals surface area contributed by atoms with Crippen LogP contribution in [0.25, 0.3) is 11.0 Å². The minimum Gasteiger partial charge on any atom is -0.493 e. The lowest BCUT2D eigenvalue weighted by molar-refractivity contribution is -0.144. The molecule has 0 radical (unpaired) electrons. The Kier molecular flexibility index (Phi) is 4.85. The Morgan fingerprint density at radius 1 is 1.33 bits per heavy atom. The fraction of sp³-hybridized carbons (Fsp3) is 0.438. The quantitative estimate of drug-likeness (QED) is 0.829. The SMILES string of the molecule is COC(=O)[C@@H](NCc1cc2cccc(OC)c2o1)C(C)C. The van der Waals surface area contributed by atoms with E-state index in [1.54, 1.807) is 7.11 Å². The molecule has 0 fully saturated rings. The molecule has 2 rings (SSSR count). The Balaban J connectivity index is 2.14. The predicted octanol–water partition coefficient (Wildman–Crippen LogP) is 2.73. The number of hydrogen-bond acceptors (Lipinski definition) is 5. The van der Waals surface area contributed by atoms with Crippen LogP contribution < -0.4 is 10.1 Å². The summed E-state index contributed by atoms with van der Waals surface area (Å²) in [5.74, 6) is 1.33. The summed E-state index contributed by atoms with van der Waals surface area (Å²) < 4.78 is 15.9. The number of benzene rings is 1. The zero-order valence-electron chi connectivity index (χ0n) is 12.8. The normalized spacial score (nSPS) is 12.6. The van der Waals surface area contributed by atoms with Crippen LogP contribution in [0.4, 0.5) is 0 Å². The van der Waals surface area contributed by atoms with E-state index in [4.69, 9.17) is 13.9 Å². The van der Waals surface area contributed by atoms with Crippen LogP contribution in [0.1, 0.15) is 19.6 Å². The molecule has 1 N–H and O–H groups in total. The molecule has 0 aliphatic rings. The third-order valence-electron chi connectivity index (χ3n) is 3.40. The molecule has 0 aliphatic heterocycles. The maximum absolute atomic E-state index is 11.7. The van der Waals surface area contributed by atoms with Gasteiger partial charge in [-0.3, -0.25) is 10.1 Å². The summed E-state index contributed by atoms with van der Waals surface area (Å²) in [6.45, 7) is 4.39. The molecule has 0 aliphatic carbocycles. The first-order chi connectivity index (χ1) is 10.1. The lowest BCUT2D eigenvalue weighted by Gasteiger charge is -2.19. The Morgan fingerprint density at radius 2 is 2.10 bits per heavy atom. The van der Waals surface area contributed by atoms with E-state index in [0.29, 0.717) is 12.3 Å². The second-order valence-corrected chi connectivity index (χ2v) is 5.22. The predicted molar refractivity (Wildman–Crippen MR) is 80.2 cm³/mol. The minimum absolute atomic E-state index is 0.136. The van der Waals surface area contributed by atoms with Crippen LogP contribution in [0, 0.1) is 5.92 Å². The first-order valence-corrected chi connectivity index (χ1v) is 6.93. The first-order valence-electron chi connectivity index (χ1n) is 6.93. The van der Waals surface area contributed by atoms with Gasteiger partial charge in [-0.15, -0.1) is 0 Å². The van der Waals surface area contributed by atoms with Crippen LogP contribution in [0.2, 0.25) is 0 Å². The molecule has 114 valence electrons. The minimum atomic E-state index is -0.356. The second-order valence-electron chi connectivity index (χ2n) is 5.22. The highest BCUT2D eigenvalue weighted by molar-refractivity contribution is 5.83. The number of rotatable bonds is 6. The second kappa shape index (κ2) is 6.63. The average Bonchev–Trinajstić information content (AvgIpc) is 2.89. The van der Waals surface area contributed by atoms with Gasteiger partial charge in [0.15, 0.2) is 11.3 Å². The molecule has 1 aromatic heterocycles. The van der Waals surface area contributed by atoms with E-state index in [9.17, 15) is 4.79 Å². The fourth-order valence-electron chi connectivity index (χ4n) is 2.27. The number of esters is 1. The van der Waals surface area contributed by atoms with Gasteiger partial charge >= 0.3 is 5.97 Å². The number of para-hydroxylation sites is 1. The van der Waals surface area contributed by atoms with Crippen molar-refractivity contribution in [3.63, 3.8) is 0 Å². The number of fused-ring (bicyclic) bond motifs is 1. The van der Waals surface area contributed by atoms with Crippen LogP contribution >= 0.6 is 0 Å². The van der Waals surface area contributed by atoms with Crippen molar-refractivity contribution < 1.29 is 18.7 Å². The highest BCUT2D eigenvalue weighted by Gasteiger charge is 2.22. The maximum atomic E-state index is 11.7. The molecule has 0 saturated heterocycles. The van der Waals surface area contributed by atoms with E-state index < -0.39 is 0 Å². The Morgan fingerprint density at radius 3 is 2.71 bits per heavy atom. The summed E-state index contributed by atoms with van der Waals surface area (Å²) in [6, 6.07) is 7.32. The summed E-state index contributed by atoms with van der Waals surface area (Å²) in [4.78, 5) is 11.7. The number of hydrogen-bond donors (Lipinski definition) is 1. The van der Waals surface area contributed by atoms with Gasteiger partial charge in [0.05, 0.1) is 20.8 Å². The average molecular weight is 291 g/mol. The van der Waals surface area contributed by atoms with E-state index in [0.717, 1.165) is 16.7 Å². The van der Waals surface area contributed by atoms with Crippen LogP contribution in [-0.4, -0.2) is 26.2 Å². The van der Waals surface area contributed by atoms with Gasteiger partial charge in [-0.1, -0.05) is 26.0 Å². The summed E-state index contributed by atoms with van der Waals surface area (Å²) in [7, 11) is 3.01. The number of carbonyl (C=O) groups excluding carboxylic acids is 1. The van der Waals surface area contributed by atoms with Crippen molar-refractivity contribution in [2.24, 2.45) is 5.92 Å². The van der Waals surface area contributed by atoms with E-state index in [2.05, 4.69) is 5.32 Å². The van der Waals surface area contributed by atoms with Gasteiger partial charge in [-0.25, -0.2) is 0 Å². The molecule has 0 amide bonds. The summed E-state index contributed by atoms with van der Waals surface area (Å²) >= 11 is 0. The lowest BCUT2D eigenvalue weighted by Crippen LogP contribution is -2.41. The van der Waals surface area contributed by atoms with E-state index >= 15 is 0 Å². The van der Waals surface area contributed by atoms with Gasteiger partial charge in [0.2, 0.25) is 0 Å². The van der Waals surface area contributed by atoms with Crippen molar-refractivity contribution in [3.8, 4) is 5.75 Å². The number of methoxy groups -OCH3 is 2. The molecule has 1 heterocycles. The van der Waals surface area contributed by atoms with E-state index in [1.807, 2.05) is 38.1 Å². The molecule has 0 unspecified atom stereocenters. The molecule has 5 heteroatoms. The number of carbonyl (C=O) groups is 1. The maximum Gasteiger partial charge on any atom is 0.323 e. The van der Waals surface area contributed by atoms with Gasteiger partial charge in [0.1, 0.15) is 11.8 Å². The Bertz CT molecular complexity index is 618. The topological polar surface area (TPSA) is 60.7 Å². The summed E-state index contributed by atoms with van der Waals surface area (Å²) in [5.41, 5.74) is 0.718. The zero-order chi connectivity index (χ0) is 15.4. The largest absolute Gasteiger partial charge is 0.493 e. The molecule has 5 nitrogen and oxygen atoms in total. The van der Waals surface area contributed by atoms with Crippen molar-refractivity contribution in [2.45, 2.75) is 26.4 Å². The fourth-order valence-corrected chi connectivity index (χ4v) is 2.27. The molecule has 0 bridgehead atoms. The monoisotopic (exact) mass is 291 g/mol. The number of nitrogens with one attached hydrogen (secondary N) is 1. The molecule has 21 heavy (non-hydrogen) atoms. The van der Waals surface area contributed by atoms with Crippen LogP contribution in [0.15, 0.2) is 28.7 Å². The number of ether oxygens (including phenoxy) is 2. The molecular formula is C16H21NO4. The van der Waals surface area contributed by atoms with Crippen molar-refractivity contribution in [2.75, 3.05) is 14.2 Å². The highest BCUT2D eigenvalue weighted by Crippen LogP contribution is 2.28. The van der Waals surface area contributed by atoms with Gasteiger partial charge in [-0.2, -0.15) is 0 Å². The Labute approximate surface area is 124 Å². The molecule has 0 saturated carbocycles. The molecule has 0 spiro atoms. The van der Waals surface area contributed by atoms with E-state index in [-0.39, 0.29) is 17.9 Å². The molecule has 2 aromatic rings.